The van der Waals surface area contributed by atoms with Gasteiger partial charge in [0.25, 0.3) is 5.91 Å². The third-order valence-electron chi connectivity index (χ3n) is 2.02. The minimum Gasteiger partial charge on any atom is -0.352 e. The van der Waals surface area contributed by atoms with E-state index in [1.165, 1.54) is 12.1 Å². The molecule has 0 bridgehead atoms. The van der Waals surface area contributed by atoms with Gasteiger partial charge in [-0.15, -0.1) is 0 Å². The van der Waals surface area contributed by atoms with Crippen molar-refractivity contribution < 1.29 is 9.18 Å². The number of benzene rings is 1. The molecule has 0 radical (unpaired) electrons. The summed E-state index contributed by atoms with van der Waals surface area (Å²) in [6, 6.07) is 3.76. The van der Waals surface area contributed by atoms with E-state index < -0.39 is 5.82 Å². The van der Waals surface area contributed by atoms with Crippen LogP contribution in [-0.4, -0.2) is 16.9 Å². The number of unbranched alkanes of at least 4 members (excludes halogenated alkanes) is 1. The second-order valence-corrected chi connectivity index (χ2v) is 4.76. The van der Waals surface area contributed by atoms with Gasteiger partial charge in [-0.25, -0.2) is 4.39 Å². The number of carbonyl (C=O) groups is 1. The molecule has 0 atom stereocenters. The van der Waals surface area contributed by atoms with Crippen molar-refractivity contribution in [2.24, 2.45) is 0 Å². The highest BCUT2D eigenvalue weighted by Gasteiger charge is 2.09. The molecule has 16 heavy (non-hydrogen) atoms. The molecule has 1 aromatic carbocycles. The maximum absolute atomic E-state index is 12.7. The van der Waals surface area contributed by atoms with E-state index in [2.05, 4.69) is 27.9 Å². The Morgan fingerprint density at radius 3 is 2.81 bits per heavy atom. The summed E-state index contributed by atoms with van der Waals surface area (Å²) in [5, 5.41) is 2.89. The number of amides is 1. The Labute approximate surface area is 113 Å². The fourth-order valence-corrected chi connectivity index (χ4v) is 1.98. The van der Waals surface area contributed by atoms with Crippen LogP contribution in [0.25, 0.3) is 0 Å². The zero-order valence-corrected chi connectivity index (χ0v) is 11.5. The summed E-state index contributed by atoms with van der Waals surface area (Å²) < 4.78 is 13.8. The van der Waals surface area contributed by atoms with E-state index in [1.807, 2.05) is 0 Å². The molecule has 88 valence electrons. The van der Waals surface area contributed by atoms with E-state index in [9.17, 15) is 9.18 Å². The SMILES string of the molecule is O=C(NCCCCI)c1ccc(F)cc1Cl. The predicted octanol–water partition coefficient (Wildman–Crippen LogP) is 3.42. The molecule has 0 aromatic heterocycles. The monoisotopic (exact) mass is 355 g/mol. The molecule has 1 aromatic rings. The van der Waals surface area contributed by atoms with Crippen molar-refractivity contribution in [1.29, 1.82) is 0 Å². The van der Waals surface area contributed by atoms with Gasteiger partial charge in [0.05, 0.1) is 10.6 Å². The Balaban J connectivity index is 2.53. The summed E-state index contributed by atoms with van der Waals surface area (Å²) in [5.74, 6) is -0.690. The summed E-state index contributed by atoms with van der Waals surface area (Å²) in [6.07, 6.45) is 2.01. The van der Waals surface area contributed by atoms with Crippen molar-refractivity contribution in [2.45, 2.75) is 12.8 Å². The summed E-state index contributed by atoms with van der Waals surface area (Å²) in [5.41, 5.74) is 0.317. The number of carbonyl (C=O) groups excluding carboxylic acids is 1. The van der Waals surface area contributed by atoms with Crippen LogP contribution in [0.2, 0.25) is 5.02 Å². The zero-order valence-electron chi connectivity index (χ0n) is 8.60. The van der Waals surface area contributed by atoms with Crippen LogP contribution >= 0.6 is 34.2 Å². The van der Waals surface area contributed by atoms with Crippen LogP contribution in [0, 0.1) is 5.82 Å². The summed E-state index contributed by atoms with van der Waals surface area (Å²) >= 11 is 8.05. The maximum Gasteiger partial charge on any atom is 0.252 e. The van der Waals surface area contributed by atoms with Crippen molar-refractivity contribution in [2.75, 3.05) is 11.0 Å². The molecule has 0 heterocycles. The summed E-state index contributed by atoms with van der Waals surface area (Å²) in [4.78, 5) is 11.6. The van der Waals surface area contributed by atoms with Crippen molar-refractivity contribution in [3.8, 4) is 0 Å². The number of nitrogens with one attached hydrogen (secondary N) is 1. The van der Waals surface area contributed by atoms with Crippen LogP contribution in [0.5, 0.6) is 0 Å². The van der Waals surface area contributed by atoms with Crippen LogP contribution in [0.1, 0.15) is 23.2 Å². The van der Waals surface area contributed by atoms with E-state index in [0.29, 0.717) is 12.1 Å². The molecule has 0 unspecified atom stereocenters. The topological polar surface area (TPSA) is 29.1 Å². The second-order valence-electron chi connectivity index (χ2n) is 3.28. The molecular formula is C11H12ClFINO. The molecule has 1 rings (SSSR count). The summed E-state index contributed by atoms with van der Waals surface area (Å²) in [7, 11) is 0. The largest absolute Gasteiger partial charge is 0.352 e. The molecule has 0 spiro atoms. The van der Waals surface area contributed by atoms with Gasteiger partial charge in [0.1, 0.15) is 5.82 Å². The Hall–Kier alpha value is -0.360. The van der Waals surface area contributed by atoms with Gasteiger partial charge in [-0.05, 0) is 35.5 Å². The quantitative estimate of drug-likeness (QED) is 0.489. The molecular weight excluding hydrogens is 343 g/mol. The average Bonchev–Trinajstić information content (AvgIpc) is 2.24. The highest BCUT2D eigenvalue weighted by Crippen LogP contribution is 2.16. The van der Waals surface area contributed by atoms with E-state index in [1.54, 1.807) is 0 Å². The zero-order chi connectivity index (χ0) is 12.0. The number of rotatable bonds is 5. The molecule has 1 N–H and O–H groups in total. The first-order chi connectivity index (χ1) is 7.65. The van der Waals surface area contributed by atoms with Crippen molar-refractivity contribution in [3.63, 3.8) is 0 Å². The van der Waals surface area contributed by atoms with Crippen LogP contribution in [0.4, 0.5) is 4.39 Å². The lowest BCUT2D eigenvalue weighted by molar-refractivity contribution is 0.0953. The van der Waals surface area contributed by atoms with E-state index in [-0.39, 0.29) is 10.9 Å². The Bertz CT molecular complexity index is 373. The molecule has 0 saturated heterocycles. The van der Waals surface area contributed by atoms with Crippen molar-refractivity contribution in [3.05, 3.63) is 34.6 Å². The summed E-state index contributed by atoms with van der Waals surface area (Å²) in [6.45, 7) is 0.621. The number of alkyl halides is 1. The van der Waals surface area contributed by atoms with E-state index in [4.69, 9.17) is 11.6 Å². The lowest BCUT2D eigenvalue weighted by atomic mass is 10.2. The van der Waals surface area contributed by atoms with Crippen molar-refractivity contribution in [1.82, 2.24) is 5.32 Å². The van der Waals surface area contributed by atoms with Crippen LogP contribution in [-0.2, 0) is 0 Å². The second kappa shape index (κ2) is 7.06. The Morgan fingerprint density at radius 2 is 2.19 bits per heavy atom. The molecule has 0 aliphatic rings. The lowest BCUT2D eigenvalue weighted by Gasteiger charge is -2.06. The van der Waals surface area contributed by atoms with Gasteiger partial charge in [0, 0.05) is 6.54 Å². The van der Waals surface area contributed by atoms with Gasteiger partial charge in [-0.2, -0.15) is 0 Å². The van der Waals surface area contributed by atoms with Gasteiger partial charge in [-0.1, -0.05) is 34.2 Å². The third kappa shape index (κ3) is 4.25. The molecule has 0 saturated carbocycles. The first-order valence-corrected chi connectivity index (χ1v) is 6.84. The van der Waals surface area contributed by atoms with Crippen LogP contribution < -0.4 is 5.32 Å². The van der Waals surface area contributed by atoms with E-state index in [0.717, 1.165) is 23.3 Å². The molecule has 0 fully saturated rings. The molecule has 0 aliphatic carbocycles. The predicted molar refractivity (Wildman–Crippen MR) is 71.9 cm³/mol. The number of hydrogen-bond acceptors (Lipinski definition) is 1. The Kier molecular flexibility index (Phi) is 6.05. The minimum atomic E-state index is -0.438. The van der Waals surface area contributed by atoms with Crippen molar-refractivity contribution >= 4 is 40.1 Å². The van der Waals surface area contributed by atoms with Crippen LogP contribution in [0.15, 0.2) is 18.2 Å². The minimum absolute atomic E-state index is 0.145. The van der Waals surface area contributed by atoms with E-state index >= 15 is 0 Å². The fourth-order valence-electron chi connectivity index (χ4n) is 1.19. The molecule has 5 heteroatoms. The molecule has 0 aliphatic heterocycles. The highest BCUT2D eigenvalue weighted by atomic mass is 127. The first kappa shape index (κ1) is 13.7. The standard InChI is InChI=1S/C11H12ClFINO/c12-10-7-8(13)3-4-9(10)11(16)15-6-2-1-5-14/h3-4,7H,1-2,5-6H2,(H,15,16). The van der Waals surface area contributed by atoms with Gasteiger partial charge < -0.3 is 5.32 Å². The van der Waals surface area contributed by atoms with Crippen LogP contribution in [0.3, 0.4) is 0 Å². The van der Waals surface area contributed by atoms with Gasteiger partial charge >= 0.3 is 0 Å². The highest BCUT2D eigenvalue weighted by molar-refractivity contribution is 14.1. The average molecular weight is 356 g/mol. The third-order valence-corrected chi connectivity index (χ3v) is 3.10. The van der Waals surface area contributed by atoms with Gasteiger partial charge in [-0.3, -0.25) is 4.79 Å². The number of hydrogen-bond donors (Lipinski definition) is 1. The Morgan fingerprint density at radius 1 is 1.44 bits per heavy atom. The van der Waals surface area contributed by atoms with Gasteiger partial charge in [0.2, 0.25) is 0 Å². The van der Waals surface area contributed by atoms with Gasteiger partial charge in [0.15, 0.2) is 0 Å². The smallest absolute Gasteiger partial charge is 0.252 e. The molecule has 1 amide bonds. The normalized spacial score (nSPS) is 10.2. The number of halogens is 3. The lowest BCUT2D eigenvalue weighted by Crippen LogP contribution is -2.24. The maximum atomic E-state index is 12.7. The first-order valence-electron chi connectivity index (χ1n) is 4.94. The fraction of sp³-hybridized carbons (Fsp3) is 0.364. The molecule has 2 nitrogen and oxygen atoms in total.